The van der Waals surface area contributed by atoms with Gasteiger partial charge in [0.2, 0.25) is 0 Å². The first kappa shape index (κ1) is 14.6. The maximum absolute atomic E-state index is 11.9. The number of carboxylic acid groups (broad SMARTS) is 1. The summed E-state index contributed by atoms with van der Waals surface area (Å²) in [5.74, 6) is -0.262. The molecule has 0 saturated carbocycles. The fourth-order valence-electron chi connectivity index (χ4n) is 1.76. The molecule has 0 fully saturated rings. The van der Waals surface area contributed by atoms with Crippen molar-refractivity contribution in [2.24, 2.45) is 0 Å². The van der Waals surface area contributed by atoms with E-state index in [-0.39, 0.29) is 11.6 Å². The number of rotatable bonds is 5. The predicted octanol–water partition coefficient (Wildman–Crippen LogP) is 1.45. The van der Waals surface area contributed by atoms with Gasteiger partial charge in [-0.2, -0.15) is 0 Å². The predicted molar refractivity (Wildman–Crippen MR) is 75.7 cm³/mol. The third-order valence-electron chi connectivity index (χ3n) is 2.93. The molecule has 1 aromatic heterocycles. The van der Waals surface area contributed by atoms with Crippen LogP contribution in [0.2, 0.25) is 0 Å². The van der Waals surface area contributed by atoms with E-state index in [1.54, 1.807) is 31.6 Å². The van der Waals surface area contributed by atoms with E-state index >= 15 is 0 Å². The molecule has 0 radical (unpaired) electrons. The molecule has 7 heteroatoms. The first-order valence-corrected chi connectivity index (χ1v) is 6.35. The Labute approximate surface area is 121 Å². The fourth-order valence-corrected chi connectivity index (χ4v) is 1.76. The van der Waals surface area contributed by atoms with Crippen LogP contribution in [0.4, 0.5) is 4.79 Å². The number of urea groups is 1. The number of carbonyl (C=O) groups excluding carboxylic acids is 1. The van der Waals surface area contributed by atoms with Gasteiger partial charge in [0, 0.05) is 26.0 Å². The van der Waals surface area contributed by atoms with Gasteiger partial charge >= 0.3 is 12.0 Å². The number of carbonyl (C=O) groups is 2. The Bertz CT molecular complexity index is 608. The molecular weight excluding hydrogens is 272 g/mol. The third kappa shape index (κ3) is 4.07. The molecule has 0 aliphatic carbocycles. The smallest absolute Gasteiger partial charge is 0.335 e. The second-order valence-electron chi connectivity index (χ2n) is 4.55. The van der Waals surface area contributed by atoms with Crippen molar-refractivity contribution < 1.29 is 14.7 Å². The van der Waals surface area contributed by atoms with Crippen LogP contribution in [0.1, 0.15) is 21.7 Å². The molecule has 1 heterocycles. The van der Waals surface area contributed by atoms with E-state index in [1.807, 2.05) is 0 Å². The number of imidazole rings is 1. The average molecular weight is 288 g/mol. The molecule has 0 spiro atoms. The molecule has 0 unspecified atom stereocenters. The van der Waals surface area contributed by atoms with E-state index in [4.69, 9.17) is 5.11 Å². The summed E-state index contributed by atoms with van der Waals surface area (Å²) < 4.78 is 0. The number of aromatic amines is 1. The van der Waals surface area contributed by atoms with E-state index in [2.05, 4.69) is 15.3 Å². The monoisotopic (exact) mass is 288 g/mol. The quantitative estimate of drug-likeness (QED) is 0.775. The van der Waals surface area contributed by atoms with Gasteiger partial charge in [-0.3, -0.25) is 0 Å². The van der Waals surface area contributed by atoms with E-state index in [0.717, 1.165) is 5.56 Å². The summed E-state index contributed by atoms with van der Waals surface area (Å²) in [6.45, 7) is 0.720. The molecule has 110 valence electrons. The molecule has 21 heavy (non-hydrogen) atoms. The van der Waals surface area contributed by atoms with Crippen LogP contribution in [0.25, 0.3) is 0 Å². The van der Waals surface area contributed by atoms with E-state index in [0.29, 0.717) is 18.9 Å². The van der Waals surface area contributed by atoms with Gasteiger partial charge < -0.3 is 20.3 Å². The lowest BCUT2D eigenvalue weighted by molar-refractivity contribution is 0.0697. The number of nitrogens with one attached hydrogen (secondary N) is 2. The van der Waals surface area contributed by atoms with Gasteiger partial charge in [0.25, 0.3) is 0 Å². The summed E-state index contributed by atoms with van der Waals surface area (Å²) >= 11 is 0. The summed E-state index contributed by atoms with van der Waals surface area (Å²) in [6, 6.07) is 6.15. The fraction of sp³-hybridized carbons (Fsp3) is 0.214. The topological polar surface area (TPSA) is 98.3 Å². The van der Waals surface area contributed by atoms with Crippen molar-refractivity contribution in [3.63, 3.8) is 0 Å². The van der Waals surface area contributed by atoms with Crippen LogP contribution in [0.15, 0.2) is 36.7 Å². The minimum absolute atomic E-state index is 0.222. The maximum atomic E-state index is 11.9. The van der Waals surface area contributed by atoms with E-state index in [9.17, 15) is 9.59 Å². The lowest BCUT2D eigenvalue weighted by Crippen LogP contribution is -2.36. The number of carboxylic acids is 1. The molecule has 3 N–H and O–H groups in total. The molecule has 0 aliphatic heterocycles. The van der Waals surface area contributed by atoms with Crippen molar-refractivity contribution in [2.45, 2.75) is 13.1 Å². The first-order valence-electron chi connectivity index (χ1n) is 6.35. The van der Waals surface area contributed by atoms with Gasteiger partial charge in [0.05, 0.1) is 12.1 Å². The van der Waals surface area contributed by atoms with Crippen LogP contribution in [-0.2, 0) is 13.1 Å². The van der Waals surface area contributed by atoms with Gasteiger partial charge in [0.1, 0.15) is 5.82 Å². The van der Waals surface area contributed by atoms with Crippen LogP contribution in [0.5, 0.6) is 0 Å². The molecule has 2 aromatic rings. The number of benzene rings is 1. The summed E-state index contributed by atoms with van der Waals surface area (Å²) in [5.41, 5.74) is 1.06. The normalized spacial score (nSPS) is 10.1. The number of H-pyrrole nitrogens is 1. The molecule has 1 aromatic carbocycles. The highest BCUT2D eigenvalue weighted by Gasteiger charge is 2.10. The Hall–Kier alpha value is -2.83. The molecular formula is C14H16N4O3. The molecule has 2 rings (SSSR count). The van der Waals surface area contributed by atoms with Crippen LogP contribution in [0.3, 0.4) is 0 Å². The highest BCUT2D eigenvalue weighted by Crippen LogP contribution is 2.04. The molecule has 0 atom stereocenters. The molecule has 0 saturated heterocycles. The van der Waals surface area contributed by atoms with Gasteiger partial charge in [0.15, 0.2) is 0 Å². The minimum atomic E-state index is -0.969. The van der Waals surface area contributed by atoms with Crippen LogP contribution in [-0.4, -0.2) is 39.0 Å². The summed E-state index contributed by atoms with van der Waals surface area (Å²) in [4.78, 5) is 31.1. The largest absolute Gasteiger partial charge is 0.478 e. The van der Waals surface area contributed by atoms with Crippen molar-refractivity contribution >= 4 is 12.0 Å². The Morgan fingerprint density at radius 1 is 1.33 bits per heavy atom. The number of hydrogen-bond donors (Lipinski definition) is 3. The summed E-state index contributed by atoms with van der Waals surface area (Å²) in [5, 5.41) is 11.6. The lowest BCUT2D eigenvalue weighted by Gasteiger charge is -2.16. The van der Waals surface area contributed by atoms with Crippen molar-refractivity contribution in [3.8, 4) is 0 Å². The zero-order chi connectivity index (χ0) is 15.2. The van der Waals surface area contributed by atoms with Crippen molar-refractivity contribution in [2.75, 3.05) is 7.05 Å². The van der Waals surface area contributed by atoms with Crippen LogP contribution >= 0.6 is 0 Å². The minimum Gasteiger partial charge on any atom is -0.478 e. The highest BCUT2D eigenvalue weighted by atomic mass is 16.4. The average Bonchev–Trinajstić information content (AvgIpc) is 2.98. The van der Waals surface area contributed by atoms with E-state index < -0.39 is 5.97 Å². The Kier molecular flexibility index (Phi) is 4.55. The standard InChI is InChI=1S/C14H16N4O3/c1-18(9-12-15-6-7-16-12)14(21)17-8-10-2-4-11(5-3-10)13(19)20/h2-7H,8-9H2,1H3,(H,15,16)(H,17,21)(H,19,20). The summed E-state index contributed by atoms with van der Waals surface area (Å²) in [6.07, 6.45) is 3.33. The molecule has 2 amide bonds. The van der Waals surface area contributed by atoms with Crippen molar-refractivity contribution in [1.29, 1.82) is 0 Å². The van der Waals surface area contributed by atoms with Crippen LogP contribution in [0, 0.1) is 0 Å². The highest BCUT2D eigenvalue weighted by molar-refractivity contribution is 5.87. The SMILES string of the molecule is CN(Cc1ncc[nH]1)C(=O)NCc1ccc(C(=O)O)cc1. The number of amides is 2. The van der Waals surface area contributed by atoms with Crippen LogP contribution < -0.4 is 5.32 Å². The van der Waals surface area contributed by atoms with Gasteiger partial charge in [-0.05, 0) is 17.7 Å². The van der Waals surface area contributed by atoms with Crippen molar-refractivity contribution in [3.05, 3.63) is 53.6 Å². The molecule has 7 nitrogen and oxygen atoms in total. The molecule has 0 aliphatic rings. The Morgan fingerprint density at radius 2 is 2.05 bits per heavy atom. The lowest BCUT2D eigenvalue weighted by atomic mass is 10.1. The summed E-state index contributed by atoms with van der Waals surface area (Å²) in [7, 11) is 1.67. The van der Waals surface area contributed by atoms with Gasteiger partial charge in [-0.15, -0.1) is 0 Å². The number of nitrogens with zero attached hydrogens (tertiary/aromatic N) is 2. The number of aromatic nitrogens is 2. The van der Waals surface area contributed by atoms with E-state index in [1.165, 1.54) is 17.0 Å². The maximum Gasteiger partial charge on any atom is 0.335 e. The van der Waals surface area contributed by atoms with Gasteiger partial charge in [-0.1, -0.05) is 12.1 Å². The Morgan fingerprint density at radius 3 is 2.62 bits per heavy atom. The van der Waals surface area contributed by atoms with Crippen molar-refractivity contribution in [1.82, 2.24) is 20.2 Å². The zero-order valence-electron chi connectivity index (χ0n) is 11.5. The number of aromatic carboxylic acids is 1. The second-order valence-corrected chi connectivity index (χ2v) is 4.55. The van der Waals surface area contributed by atoms with Gasteiger partial charge in [-0.25, -0.2) is 14.6 Å². The number of hydrogen-bond acceptors (Lipinski definition) is 3. The first-order chi connectivity index (χ1) is 10.1. The Balaban J connectivity index is 1.84. The zero-order valence-corrected chi connectivity index (χ0v) is 11.5. The molecule has 0 bridgehead atoms. The second kappa shape index (κ2) is 6.56. The third-order valence-corrected chi connectivity index (χ3v) is 2.93.